The Kier molecular flexibility index (Phi) is 9.36. The SMILES string of the molecule is CC(C)Oc1ccc(CCN=C(N)NC2CCCCC2)cc1.I. The van der Waals surface area contributed by atoms with E-state index in [1.807, 2.05) is 26.0 Å². The summed E-state index contributed by atoms with van der Waals surface area (Å²) in [5.74, 6) is 1.51. The second kappa shape index (κ2) is 10.7. The molecule has 1 fully saturated rings. The highest BCUT2D eigenvalue weighted by Crippen LogP contribution is 2.17. The standard InChI is InChI=1S/C18H29N3O.HI/c1-14(2)22-17-10-8-15(9-11-17)12-13-20-18(19)21-16-6-4-3-5-7-16;/h8-11,14,16H,3-7,12-13H2,1-2H3,(H3,19,20,21);1H. The van der Waals surface area contributed by atoms with Crippen LogP contribution >= 0.6 is 24.0 Å². The Morgan fingerprint density at radius 1 is 1.22 bits per heavy atom. The third kappa shape index (κ3) is 7.90. The zero-order valence-electron chi connectivity index (χ0n) is 14.3. The van der Waals surface area contributed by atoms with Crippen LogP contribution in [0.4, 0.5) is 0 Å². The van der Waals surface area contributed by atoms with Gasteiger partial charge in [0.15, 0.2) is 5.96 Å². The number of hydrogen-bond acceptors (Lipinski definition) is 2. The Morgan fingerprint density at radius 3 is 2.48 bits per heavy atom. The van der Waals surface area contributed by atoms with Crippen molar-refractivity contribution in [2.75, 3.05) is 6.54 Å². The molecule has 0 saturated heterocycles. The van der Waals surface area contributed by atoms with Crippen LogP contribution < -0.4 is 15.8 Å². The fourth-order valence-electron chi connectivity index (χ4n) is 2.81. The molecule has 23 heavy (non-hydrogen) atoms. The number of rotatable bonds is 6. The largest absolute Gasteiger partial charge is 0.491 e. The number of benzene rings is 1. The van der Waals surface area contributed by atoms with Gasteiger partial charge < -0.3 is 15.8 Å². The first-order valence-corrected chi connectivity index (χ1v) is 8.45. The first-order valence-electron chi connectivity index (χ1n) is 8.45. The van der Waals surface area contributed by atoms with Gasteiger partial charge in [-0.2, -0.15) is 0 Å². The van der Waals surface area contributed by atoms with E-state index in [-0.39, 0.29) is 30.1 Å². The molecule has 0 atom stereocenters. The van der Waals surface area contributed by atoms with Gasteiger partial charge in [-0.05, 0) is 50.8 Å². The molecule has 130 valence electrons. The average Bonchev–Trinajstić information content (AvgIpc) is 2.49. The van der Waals surface area contributed by atoms with E-state index in [1.54, 1.807) is 0 Å². The summed E-state index contributed by atoms with van der Waals surface area (Å²) in [5.41, 5.74) is 7.22. The molecule has 0 amide bonds. The lowest BCUT2D eigenvalue weighted by Crippen LogP contribution is -2.41. The van der Waals surface area contributed by atoms with Crippen LogP contribution in [0.25, 0.3) is 0 Å². The van der Waals surface area contributed by atoms with Crippen molar-refractivity contribution < 1.29 is 4.74 Å². The number of guanidine groups is 1. The summed E-state index contributed by atoms with van der Waals surface area (Å²) in [6.45, 7) is 4.78. The molecule has 0 aromatic heterocycles. The third-order valence-corrected chi connectivity index (χ3v) is 3.93. The van der Waals surface area contributed by atoms with Crippen molar-refractivity contribution >= 4 is 29.9 Å². The topological polar surface area (TPSA) is 59.6 Å². The van der Waals surface area contributed by atoms with E-state index in [2.05, 4.69) is 22.4 Å². The van der Waals surface area contributed by atoms with Gasteiger partial charge in [-0.1, -0.05) is 31.4 Å². The minimum atomic E-state index is 0. The third-order valence-electron chi connectivity index (χ3n) is 3.93. The summed E-state index contributed by atoms with van der Waals surface area (Å²) in [6.07, 6.45) is 7.49. The minimum Gasteiger partial charge on any atom is -0.491 e. The Hall–Kier alpha value is -0.980. The van der Waals surface area contributed by atoms with Gasteiger partial charge >= 0.3 is 0 Å². The molecule has 0 unspecified atom stereocenters. The van der Waals surface area contributed by atoms with Crippen molar-refractivity contribution in [1.29, 1.82) is 0 Å². The molecular weight excluding hydrogens is 401 g/mol. The van der Waals surface area contributed by atoms with Gasteiger partial charge in [0.05, 0.1) is 6.10 Å². The second-order valence-electron chi connectivity index (χ2n) is 6.31. The van der Waals surface area contributed by atoms with E-state index in [9.17, 15) is 0 Å². The number of nitrogens with one attached hydrogen (secondary N) is 1. The molecule has 0 radical (unpaired) electrons. The maximum Gasteiger partial charge on any atom is 0.188 e. The van der Waals surface area contributed by atoms with Crippen molar-refractivity contribution in [1.82, 2.24) is 5.32 Å². The number of nitrogens with zero attached hydrogens (tertiary/aromatic N) is 1. The molecule has 2 rings (SSSR count). The Morgan fingerprint density at radius 2 is 1.87 bits per heavy atom. The molecule has 1 aliphatic rings. The molecule has 0 aliphatic heterocycles. The maximum absolute atomic E-state index is 5.97. The fraction of sp³-hybridized carbons (Fsp3) is 0.611. The van der Waals surface area contributed by atoms with Crippen molar-refractivity contribution in [2.24, 2.45) is 10.7 Å². The van der Waals surface area contributed by atoms with Crippen LogP contribution in [-0.2, 0) is 6.42 Å². The Balaban J connectivity index is 0.00000264. The Bertz CT molecular complexity index is 468. The van der Waals surface area contributed by atoms with E-state index >= 15 is 0 Å². The van der Waals surface area contributed by atoms with E-state index in [1.165, 1.54) is 37.7 Å². The van der Waals surface area contributed by atoms with Crippen LogP contribution in [0.1, 0.15) is 51.5 Å². The number of nitrogens with two attached hydrogens (primary N) is 1. The lowest BCUT2D eigenvalue weighted by atomic mass is 9.96. The van der Waals surface area contributed by atoms with Crippen LogP contribution in [0.15, 0.2) is 29.3 Å². The van der Waals surface area contributed by atoms with Crippen molar-refractivity contribution in [3.05, 3.63) is 29.8 Å². The smallest absolute Gasteiger partial charge is 0.188 e. The highest BCUT2D eigenvalue weighted by atomic mass is 127. The van der Waals surface area contributed by atoms with Gasteiger partial charge in [0.25, 0.3) is 0 Å². The molecule has 0 heterocycles. The van der Waals surface area contributed by atoms with Crippen molar-refractivity contribution in [3.8, 4) is 5.75 Å². The van der Waals surface area contributed by atoms with Crippen LogP contribution in [0.2, 0.25) is 0 Å². The predicted octanol–water partition coefficient (Wildman–Crippen LogP) is 3.87. The molecule has 0 spiro atoms. The van der Waals surface area contributed by atoms with Crippen LogP contribution in [0.3, 0.4) is 0 Å². The second-order valence-corrected chi connectivity index (χ2v) is 6.31. The van der Waals surface area contributed by atoms with Gasteiger partial charge in [-0.15, -0.1) is 24.0 Å². The first-order chi connectivity index (χ1) is 10.6. The van der Waals surface area contributed by atoms with Crippen molar-refractivity contribution in [3.63, 3.8) is 0 Å². The summed E-state index contributed by atoms with van der Waals surface area (Å²) < 4.78 is 5.64. The highest BCUT2D eigenvalue weighted by Gasteiger charge is 2.13. The molecule has 3 N–H and O–H groups in total. The van der Waals surface area contributed by atoms with Crippen molar-refractivity contribution in [2.45, 2.75) is 64.5 Å². The van der Waals surface area contributed by atoms with Gasteiger partial charge in [0.2, 0.25) is 0 Å². The summed E-state index contributed by atoms with van der Waals surface area (Å²) in [4.78, 5) is 4.44. The van der Waals surface area contributed by atoms with E-state index in [0.29, 0.717) is 12.0 Å². The molecule has 5 heteroatoms. The molecule has 1 aromatic carbocycles. The van der Waals surface area contributed by atoms with Gasteiger partial charge in [0.1, 0.15) is 5.75 Å². The molecule has 1 aromatic rings. The maximum atomic E-state index is 5.97. The number of ether oxygens (including phenoxy) is 1. The number of halogens is 1. The summed E-state index contributed by atoms with van der Waals surface area (Å²) in [5, 5.41) is 3.34. The van der Waals surface area contributed by atoms with Gasteiger partial charge in [-0.25, -0.2) is 0 Å². The summed E-state index contributed by atoms with van der Waals surface area (Å²) in [7, 11) is 0. The minimum absolute atomic E-state index is 0. The normalized spacial score (nSPS) is 16.0. The number of hydrogen-bond donors (Lipinski definition) is 2. The Labute approximate surface area is 157 Å². The molecule has 4 nitrogen and oxygen atoms in total. The summed E-state index contributed by atoms with van der Waals surface area (Å²) >= 11 is 0. The molecule has 1 saturated carbocycles. The van der Waals surface area contributed by atoms with Gasteiger partial charge in [-0.3, -0.25) is 4.99 Å². The van der Waals surface area contributed by atoms with Crippen LogP contribution in [0, 0.1) is 0 Å². The zero-order chi connectivity index (χ0) is 15.8. The predicted molar refractivity (Wildman–Crippen MR) is 108 cm³/mol. The lowest BCUT2D eigenvalue weighted by molar-refractivity contribution is 0.242. The number of aliphatic imine (C=N–C) groups is 1. The first kappa shape index (κ1) is 20.1. The molecular formula is C18H30IN3O. The average molecular weight is 431 g/mol. The molecule has 1 aliphatic carbocycles. The van der Waals surface area contributed by atoms with E-state index < -0.39 is 0 Å². The van der Waals surface area contributed by atoms with E-state index in [0.717, 1.165) is 18.7 Å². The summed E-state index contributed by atoms with van der Waals surface area (Å²) in [6, 6.07) is 8.74. The monoisotopic (exact) mass is 431 g/mol. The van der Waals surface area contributed by atoms with Crippen LogP contribution in [0.5, 0.6) is 5.75 Å². The highest BCUT2D eigenvalue weighted by molar-refractivity contribution is 14.0. The quantitative estimate of drug-likeness (QED) is 0.409. The van der Waals surface area contributed by atoms with Crippen LogP contribution in [-0.4, -0.2) is 24.7 Å². The van der Waals surface area contributed by atoms with Gasteiger partial charge in [0, 0.05) is 12.6 Å². The fourth-order valence-corrected chi connectivity index (χ4v) is 2.81. The molecule has 0 bridgehead atoms. The lowest BCUT2D eigenvalue weighted by Gasteiger charge is -2.23. The van der Waals surface area contributed by atoms with E-state index in [4.69, 9.17) is 10.5 Å². The zero-order valence-corrected chi connectivity index (χ0v) is 16.6.